The Morgan fingerprint density at radius 1 is 1.07 bits per heavy atom. The maximum Gasteiger partial charge on any atom is 0.472 e. The first-order valence-corrected chi connectivity index (χ1v) is 14.9. The average Bonchev–Trinajstić information content (AvgIpc) is 3.58. The molecule has 0 aromatic carbocycles. The van der Waals surface area contributed by atoms with E-state index in [9.17, 15) is 23.9 Å². The zero-order valence-corrected chi connectivity index (χ0v) is 22.7. The van der Waals surface area contributed by atoms with Gasteiger partial charge in [-0.15, -0.1) is 0 Å². The summed E-state index contributed by atoms with van der Waals surface area (Å²) in [6.07, 6.45) is -2.06. The standard InChI is InChI=1S/C19H26N8O12P2/c20-13-1-2-26(19(29)25-13)14-3-10(28)11(38-14)5-37-41(33,34)39-16-9(4-35-12(16)6-36-40(30,31)32)27-8-24-15-17(21)22-7-23-18(15)27/h1-2,7-12,14,16,28H,3-6H2,(H,33,34)(H2,20,25,29)(H2,21,22,23)(H2,30,31,32)/t9-,10+,11-,12-,14-,16+/m1/s1. The summed E-state index contributed by atoms with van der Waals surface area (Å²) in [5.74, 6) is 0.0782. The number of ether oxygens (including phenoxy) is 2. The lowest BCUT2D eigenvalue weighted by Crippen LogP contribution is -2.34. The second-order valence-corrected chi connectivity index (χ2v) is 11.8. The van der Waals surface area contributed by atoms with Crippen molar-refractivity contribution < 1.29 is 52.0 Å². The largest absolute Gasteiger partial charge is 0.472 e. The Morgan fingerprint density at radius 2 is 1.83 bits per heavy atom. The second-order valence-electron chi connectivity index (χ2n) is 9.12. The molecule has 1 unspecified atom stereocenters. The highest BCUT2D eigenvalue weighted by Crippen LogP contribution is 2.50. The molecule has 0 amide bonds. The Hall–Kier alpha value is -2.87. The lowest BCUT2D eigenvalue weighted by Gasteiger charge is -2.26. The number of hydrogen-bond donors (Lipinski definition) is 6. The van der Waals surface area contributed by atoms with Crippen molar-refractivity contribution in [3.8, 4) is 0 Å². The van der Waals surface area contributed by atoms with Crippen LogP contribution < -0.4 is 17.2 Å². The third kappa shape index (κ3) is 6.63. The van der Waals surface area contributed by atoms with Gasteiger partial charge in [-0.25, -0.2) is 28.9 Å². The molecule has 224 valence electrons. The summed E-state index contributed by atoms with van der Waals surface area (Å²) in [4.78, 5) is 56.7. The van der Waals surface area contributed by atoms with Crippen molar-refractivity contribution in [1.29, 1.82) is 0 Å². The van der Waals surface area contributed by atoms with Crippen molar-refractivity contribution in [1.82, 2.24) is 29.1 Å². The van der Waals surface area contributed by atoms with Crippen molar-refractivity contribution in [3.63, 3.8) is 0 Å². The van der Waals surface area contributed by atoms with E-state index in [1.807, 2.05) is 0 Å². The topological polar surface area (TPSA) is 292 Å². The van der Waals surface area contributed by atoms with Crippen LogP contribution >= 0.6 is 15.6 Å². The van der Waals surface area contributed by atoms with Gasteiger partial charge in [-0.3, -0.25) is 18.1 Å². The predicted octanol–water partition coefficient (Wildman–Crippen LogP) is -1.55. The van der Waals surface area contributed by atoms with E-state index in [0.717, 1.165) is 4.57 Å². The molecule has 3 aromatic heterocycles. The minimum Gasteiger partial charge on any atom is -0.390 e. The van der Waals surface area contributed by atoms with Gasteiger partial charge in [0.05, 0.1) is 38.3 Å². The molecule has 7 atom stereocenters. The van der Waals surface area contributed by atoms with Crippen molar-refractivity contribution in [3.05, 3.63) is 35.4 Å². The molecule has 0 radical (unpaired) electrons. The summed E-state index contributed by atoms with van der Waals surface area (Å²) in [5.41, 5.74) is 11.1. The van der Waals surface area contributed by atoms with Crippen LogP contribution in [0.5, 0.6) is 0 Å². The van der Waals surface area contributed by atoms with Crippen LogP contribution in [0.2, 0.25) is 0 Å². The van der Waals surface area contributed by atoms with Gasteiger partial charge in [-0.2, -0.15) is 4.98 Å². The quantitative estimate of drug-likeness (QED) is 0.140. The minimum absolute atomic E-state index is 0.00125. The Kier molecular flexibility index (Phi) is 8.25. The fourth-order valence-corrected chi connectivity index (χ4v) is 5.82. The first-order valence-electron chi connectivity index (χ1n) is 11.9. The monoisotopic (exact) mass is 620 g/mol. The van der Waals surface area contributed by atoms with E-state index in [1.165, 1.54) is 29.5 Å². The van der Waals surface area contributed by atoms with Crippen molar-refractivity contribution >= 4 is 38.4 Å². The fraction of sp³-hybridized carbons (Fsp3) is 0.526. The Labute approximate surface area is 229 Å². The molecule has 5 rings (SSSR count). The number of aliphatic hydroxyl groups excluding tert-OH is 1. The fourth-order valence-electron chi connectivity index (χ4n) is 4.50. The number of nitrogens with two attached hydrogens (primary N) is 2. The maximum absolute atomic E-state index is 13.0. The van der Waals surface area contributed by atoms with E-state index in [2.05, 4.69) is 24.5 Å². The number of phosphoric ester groups is 2. The number of nitrogen functional groups attached to an aromatic ring is 2. The molecular formula is C19H26N8O12P2. The van der Waals surface area contributed by atoms with Gasteiger partial charge in [0.15, 0.2) is 11.5 Å². The smallest absolute Gasteiger partial charge is 0.390 e. The normalized spacial score (nSPS) is 28.3. The van der Waals surface area contributed by atoms with Gasteiger partial charge < -0.3 is 45.3 Å². The summed E-state index contributed by atoms with van der Waals surface area (Å²) in [7, 11) is -9.88. The highest BCUT2D eigenvalue weighted by Gasteiger charge is 2.46. The zero-order chi connectivity index (χ0) is 29.5. The summed E-state index contributed by atoms with van der Waals surface area (Å²) in [6.45, 7) is -1.49. The SMILES string of the molecule is Nc1ccn([C@H]2C[C@H](O)[C@@H](COP(=O)(O)O[C@H]3[C@H](n4cnc5c(N)ncnc54)CO[C@@H]3COP(=O)(O)O)O2)c(=O)n1. The third-order valence-electron chi connectivity index (χ3n) is 6.40. The minimum atomic E-state index is -4.95. The molecule has 8 N–H and O–H groups in total. The Morgan fingerprint density at radius 3 is 2.56 bits per heavy atom. The molecule has 2 aliphatic heterocycles. The molecule has 0 aliphatic carbocycles. The number of hydrogen-bond acceptors (Lipinski definition) is 15. The first kappa shape index (κ1) is 29.6. The molecule has 3 aromatic rings. The molecule has 0 saturated carbocycles. The van der Waals surface area contributed by atoms with E-state index < -0.39 is 71.2 Å². The number of aromatic nitrogens is 6. The number of phosphoric acid groups is 2. The molecule has 41 heavy (non-hydrogen) atoms. The highest BCUT2D eigenvalue weighted by atomic mass is 31.2. The summed E-state index contributed by atoms with van der Waals surface area (Å²) in [5, 5.41) is 10.4. The molecule has 2 aliphatic rings. The van der Waals surface area contributed by atoms with E-state index in [4.69, 9.17) is 39.8 Å². The highest BCUT2D eigenvalue weighted by molar-refractivity contribution is 7.47. The molecule has 2 saturated heterocycles. The molecule has 5 heterocycles. The molecule has 0 spiro atoms. The van der Waals surface area contributed by atoms with Crippen LogP contribution in [0, 0.1) is 0 Å². The van der Waals surface area contributed by atoms with Crippen LogP contribution in [0.3, 0.4) is 0 Å². The van der Waals surface area contributed by atoms with E-state index >= 15 is 0 Å². The van der Waals surface area contributed by atoms with Gasteiger partial charge in [0.1, 0.15) is 42.2 Å². The van der Waals surface area contributed by atoms with Gasteiger partial charge >= 0.3 is 21.3 Å². The van der Waals surface area contributed by atoms with Gasteiger partial charge in [0.2, 0.25) is 0 Å². The van der Waals surface area contributed by atoms with Gasteiger partial charge in [-0.1, -0.05) is 0 Å². The molecular weight excluding hydrogens is 594 g/mol. The van der Waals surface area contributed by atoms with Crippen LogP contribution in [0.4, 0.5) is 11.6 Å². The number of anilines is 2. The van der Waals surface area contributed by atoms with Crippen molar-refractivity contribution in [2.45, 2.75) is 43.1 Å². The maximum atomic E-state index is 13.0. The van der Waals surface area contributed by atoms with Gasteiger partial charge in [0, 0.05) is 12.6 Å². The van der Waals surface area contributed by atoms with Gasteiger partial charge in [0.25, 0.3) is 0 Å². The van der Waals surface area contributed by atoms with Crippen molar-refractivity contribution in [2.75, 3.05) is 31.3 Å². The summed E-state index contributed by atoms with van der Waals surface area (Å²) >= 11 is 0. The summed E-state index contributed by atoms with van der Waals surface area (Å²) in [6, 6.07) is 0.471. The number of fused-ring (bicyclic) bond motifs is 1. The molecule has 2 fully saturated rings. The number of imidazole rings is 1. The van der Waals surface area contributed by atoms with E-state index in [0.29, 0.717) is 0 Å². The average molecular weight is 620 g/mol. The van der Waals surface area contributed by atoms with Crippen LogP contribution in [0.25, 0.3) is 11.2 Å². The van der Waals surface area contributed by atoms with Crippen molar-refractivity contribution in [2.24, 2.45) is 0 Å². The first-order chi connectivity index (χ1) is 19.3. The molecule has 22 heteroatoms. The Balaban J connectivity index is 1.31. The predicted molar refractivity (Wildman–Crippen MR) is 135 cm³/mol. The van der Waals surface area contributed by atoms with Crippen LogP contribution in [-0.2, 0) is 32.2 Å². The third-order valence-corrected chi connectivity index (χ3v) is 7.87. The van der Waals surface area contributed by atoms with Gasteiger partial charge in [-0.05, 0) is 6.07 Å². The lowest BCUT2D eigenvalue weighted by molar-refractivity contribution is -0.0518. The van der Waals surface area contributed by atoms with Crippen LogP contribution in [0.1, 0.15) is 18.7 Å². The Bertz CT molecular complexity index is 1560. The molecule has 20 nitrogen and oxygen atoms in total. The number of nitrogens with zero attached hydrogens (tertiary/aromatic N) is 6. The van der Waals surface area contributed by atoms with E-state index in [-0.39, 0.29) is 35.8 Å². The molecule has 0 bridgehead atoms. The van der Waals surface area contributed by atoms with Crippen LogP contribution in [0.15, 0.2) is 29.7 Å². The number of aliphatic hydroxyl groups is 1. The summed E-state index contributed by atoms with van der Waals surface area (Å²) < 4.78 is 53.1. The van der Waals surface area contributed by atoms with Crippen LogP contribution in [-0.4, -0.2) is 93.1 Å². The van der Waals surface area contributed by atoms with E-state index in [1.54, 1.807) is 0 Å². The number of rotatable bonds is 10. The second kappa shape index (κ2) is 11.4. The lowest BCUT2D eigenvalue weighted by atomic mass is 10.1. The zero-order valence-electron chi connectivity index (χ0n) is 20.9.